The molecule has 0 bridgehead atoms. The van der Waals surface area contributed by atoms with Crippen molar-refractivity contribution in [2.45, 2.75) is 82.9 Å². The number of likely N-dealkylation sites (tertiary alicyclic amines) is 2. The third-order valence-electron chi connectivity index (χ3n) is 12.4. The first-order chi connectivity index (χ1) is 29.0. The number of methoxy groups -OCH3 is 4. The van der Waals surface area contributed by atoms with Gasteiger partial charge in [-0.3, -0.25) is 14.4 Å². The van der Waals surface area contributed by atoms with Crippen LogP contribution in [0.4, 0.5) is 4.79 Å². The van der Waals surface area contributed by atoms with Crippen molar-refractivity contribution in [1.29, 1.82) is 0 Å². The number of rotatable bonds is 12. The van der Waals surface area contributed by atoms with E-state index in [1.54, 1.807) is 24.9 Å². The molecule has 3 aliphatic heterocycles. The molecule has 0 unspecified atom stereocenters. The van der Waals surface area contributed by atoms with Crippen molar-refractivity contribution in [1.82, 2.24) is 35.1 Å². The number of nitrogens with one attached hydrogen (secondary N) is 3. The number of H-pyrrole nitrogens is 2. The zero-order chi connectivity index (χ0) is 42.2. The Morgan fingerprint density at radius 2 is 1.58 bits per heavy atom. The van der Waals surface area contributed by atoms with Crippen molar-refractivity contribution in [2.75, 3.05) is 41.5 Å². The van der Waals surface area contributed by atoms with Crippen LogP contribution < -0.4 is 10.1 Å². The smallest absolute Gasteiger partial charge is 0.407 e. The molecule has 60 heavy (non-hydrogen) atoms. The standard InChI is InChI=1S/C44H51N7O9/c1-23(56-3)29(20-37(52)58-5)42(53)50-15-8-10-35(50)41-46-32-14-12-25-18-31-28-13-11-26(17-27(28)22-60-36(31)19-30(25)39(32)48-41)33-21-45-40(47-33)34-9-7-16-51(34)43(54)38(24(2)57-4)49-44(55)59-6/h11-14,17-19,21,23-24,29,34-35,38H,7-10,15-16,20,22H2,1-6H3,(H,45,47)(H,46,48)(H,49,55)/t23-,24-,29+,34+,35+,38+/m1/s1. The third-order valence-corrected chi connectivity index (χ3v) is 12.4. The van der Waals surface area contributed by atoms with Gasteiger partial charge in [-0.05, 0) is 85.9 Å². The number of imidazole rings is 2. The van der Waals surface area contributed by atoms with Crippen LogP contribution in [0.1, 0.15) is 75.2 Å². The predicted octanol–water partition coefficient (Wildman–Crippen LogP) is 5.97. The lowest BCUT2D eigenvalue weighted by Gasteiger charge is -2.30. The monoisotopic (exact) mass is 821 g/mol. The largest absolute Gasteiger partial charge is 0.488 e. The van der Waals surface area contributed by atoms with Gasteiger partial charge in [0.05, 0.1) is 73.8 Å². The van der Waals surface area contributed by atoms with Gasteiger partial charge in [0.25, 0.3) is 0 Å². The van der Waals surface area contributed by atoms with E-state index in [4.69, 9.17) is 33.7 Å². The van der Waals surface area contributed by atoms with Crippen molar-refractivity contribution in [3.8, 4) is 28.1 Å². The Kier molecular flexibility index (Phi) is 11.5. The number of ether oxygens (including phenoxy) is 5. The number of aromatic nitrogens is 4. The molecule has 0 radical (unpaired) electrons. The van der Waals surface area contributed by atoms with Crippen molar-refractivity contribution < 1.29 is 42.9 Å². The van der Waals surface area contributed by atoms with Crippen molar-refractivity contribution in [3.05, 3.63) is 65.9 Å². The molecule has 16 nitrogen and oxygen atoms in total. The number of hydrogen-bond acceptors (Lipinski definition) is 11. The molecule has 3 N–H and O–H groups in total. The van der Waals surface area contributed by atoms with Crippen LogP contribution in [-0.4, -0.2) is 113 Å². The van der Waals surface area contributed by atoms with E-state index in [9.17, 15) is 19.2 Å². The molecule has 0 spiro atoms. The summed E-state index contributed by atoms with van der Waals surface area (Å²) in [6.45, 7) is 4.99. The van der Waals surface area contributed by atoms with Gasteiger partial charge in [0.1, 0.15) is 30.0 Å². The van der Waals surface area contributed by atoms with Gasteiger partial charge in [-0.15, -0.1) is 0 Å². The maximum atomic E-state index is 13.9. The highest BCUT2D eigenvalue weighted by atomic mass is 16.5. The number of alkyl carbamates (subject to hydrolysis) is 1. The third kappa shape index (κ3) is 7.53. The van der Waals surface area contributed by atoms with Crippen LogP contribution in [0, 0.1) is 5.92 Å². The zero-order valence-corrected chi connectivity index (χ0v) is 34.7. The maximum absolute atomic E-state index is 13.9. The van der Waals surface area contributed by atoms with Gasteiger partial charge in [-0.25, -0.2) is 14.8 Å². The summed E-state index contributed by atoms with van der Waals surface area (Å²) >= 11 is 0. The topological polar surface area (TPSA) is 190 Å². The molecule has 3 aromatic carbocycles. The van der Waals surface area contributed by atoms with Gasteiger partial charge < -0.3 is 48.8 Å². The summed E-state index contributed by atoms with van der Waals surface area (Å²) in [4.78, 5) is 72.2. The molecule has 6 atom stereocenters. The summed E-state index contributed by atoms with van der Waals surface area (Å²) < 4.78 is 27.0. The lowest BCUT2D eigenvalue weighted by Crippen LogP contribution is -2.54. The second kappa shape index (κ2) is 16.9. The van der Waals surface area contributed by atoms with E-state index in [1.165, 1.54) is 28.4 Å². The number of amides is 3. The molecule has 2 fully saturated rings. The summed E-state index contributed by atoms with van der Waals surface area (Å²) in [7, 11) is 5.61. The van der Waals surface area contributed by atoms with Gasteiger partial charge in [0.15, 0.2) is 0 Å². The summed E-state index contributed by atoms with van der Waals surface area (Å²) in [5.41, 5.74) is 6.49. The average molecular weight is 822 g/mol. The molecular formula is C44H51N7O9. The van der Waals surface area contributed by atoms with E-state index in [0.29, 0.717) is 31.3 Å². The fourth-order valence-electron chi connectivity index (χ4n) is 8.89. The minimum atomic E-state index is -0.911. The fraction of sp³-hybridized carbons (Fsp3) is 0.455. The van der Waals surface area contributed by atoms with Crippen LogP contribution in [0.25, 0.3) is 44.2 Å². The number of carbonyl (C=O) groups is 4. The van der Waals surface area contributed by atoms with Crippen LogP contribution in [0.2, 0.25) is 0 Å². The van der Waals surface area contributed by atoms with Crippen LogP contribution in [-0.2, 0) is 39.9 Å². The zero-order valence-electron chi connectivity index (χ0n) is 34.7. The number of carbonyl (C=O) groups excluding carboxylic acids is 4. The Morgan fingerprint density at radius 1 is 0.850 bits per heavy atom. The Morgan fingerprint density at radius 3 is 2.30 bits per heavy atom. The summed E-state index contributed by atoms with van der Waals surface area (Å²) in [6.07, 6.45) is 3.09. The fourth-order valence-corrected chi connectivity index (χ4v) is 8.89. The van der Waals surface area contributed by atoms with Crippen LogP contribution in [0.3, 0.4) is 0 Å². The quantitative estimate of drug-likeness (QED) is 0.126. The van der Waals surface area contributed by atoms with Gasteiger partial charge in [0.2, 0.25) is 11.8 Å². The van der Waals surface area contributed by atoms with E-state index in [0.717, 1.165) is 81.2 Å². The van der Waals surface area contributed by atoms with Crippen molar-refractivity contribution >= 4 is 45.7 Å². The van der Waals surface area contributed by atoms with Crippen molar-refractivity contribution in [3.63, 3.8) is 0 Å². The Bertz CT molecular complexity index is 2440. The SMILES string of the molecule is COC(=O)C[C@H](C(=O)N1CCC[C@H]1c1nc2c(ccc3cc4c(cc32)OCc2cc(-c3cnc([C@@H]5CCCN5C(=O)[C@@H](NC(=O)OC)[C@@H](C)OC)[nH]3)ccc2-4)[nH]1)[C@@H](C)OC. The molecule has 0 saturated carbocycles. The van der Waals surface area contributed by atoms with Crippen LogP contribution in [0.5, 0.6) is 5.75 Å². The first kappa shape index (κ1) is 40.8. The number of hydrogen-bond donors (Lipinski definition) is 3. The second-order valence-electron chi connectivity index (χ2n) is 15.8. The molecular weight excluding hydrogens is 771 g/mol. The Labute approximate surface area is 347 Å². The molecule has 0 aliphatic carbocycles. The molecule has 316 valence electrons. The summed E-state index contributed by atoms with van der Waals surface area (Å²) in [6, 6.07) is 13.1. The number of benzene rings is 3. The van der Waals surface area contributed by atoms with Gasteiger partial charge in [0, 0.05) is 38.3 Å². The molecule has 5 heterocycles. The molecule has 3 amide bonds. The van der Waals surface area contributed by atoms with Gasteiger partial charge in [-0.1, -0.05) is 18.2 Å². The maximum Gasteiger partial charge on any atom is 0.407 e. The first-order valence-corrected chi connectivity index (χ1v) is 20.4. The highest BCUT2D eigenvalue weighted by Gasteiger charge is 2.40. The number of aromatic amines is 2. The second-order valence-corrected chi connectivity index (χ2v) is 15.8. The van der Waals surface area contributed by atoms with E-state index in [-0.39, 0.29) is 30.3 Å². The van der Waals surface area contributed by atoms with E-state index < -0.39 is 36.2 Å². The van der Waals surface area contributed by atoms with E-state index in [2.05, 4.69) is 45.6 Å². The minimum absolute atomic E-state index is 0.0592. The predicted molar refractivity (Wildman–Crippen MR) is 221 cm³/mol. The van der Waals surface area contributed by atoms with Gasteiger partial charge in [-0.2, -0.15) is 0 Å². The highest BCUT2D eigenvalue weighted by molar-refractivity contribution is 6.07. The van der Waals surface area contributed by atoms with Crippen molar-refractivity contribution in [2.24, 2.45) is 5.92 Å². The number of nitrogens with zero attached hydrogens (tertiary/aromatic N) is 4. The molecule has 8 rings (SSSR count). The molecule has 2 aromatic heterocycles. The van der Waals surface area contributed by atoms with Crippen LogP contribution in [0.15, 0.2) is 48.7 Å². The lowest BCUT2D eigenvalue weighted by molar-refractivity contribution is -0.151. The first-order valence-electron chi connectivity index (χ1n) is 20.4. The molecule has 5 aromatic rings. The van der Waals surface area contributed by atoms with E-state index in [1.807, 2.05) is 17.0 Å². The molecule has 3 aliphatic rings. The normalized spacial score (nSPS) is 19.3. The number of esters is 1. The van der Waals surface area contributed by atoms with E-state index >= 15 is 0 Å². The highest BCUT2D eigenvalue weighted by Crippen LogP contribution is 2.43. The lowest BCUT2D eigenvalue weighted by atomic mass is 9.92. The summed E-state index contributed by atoms with van der Waals surface area (Å²) in [5, 5.41) is 4.57. The molecule has 16 heteroatoms. The van der Waals surface area contributed by atoms with Crippen LogP contribution >= 0.6 is 0 Å². The summed E-state index contributed by atoms with van der Waals surface area (Å²) in [5.74, 6) is 0.609. The van der Waals surface area contributed by atoms with Gasteiger partial charge >= 0.3 is 12.1 Å². The Hall–Kier alpha value is -6.00. The Balaban J connectivity index is 1.03. The number of fused-ring (bicyclic) bond motifs is 6. The molecule has 2 saturated heterocycles. The average Bonchev–Trinajstić information content (AvgIpc) is 4.12. The minimum Gasteiger partial charge on any atom is -0.488 e.